The van der Waals surface area contributed by atoms with Crippen molar-refractivity contribution in [1.82, 2.24) is 0 Å². The van der Waals surface area contributed by atoms with E-state index in [4.69, 9.17) is 25.8 Å². The van der Waals surface area contributed by atoms with Gasteiger partial charge in [0.15, 0.2) is 28.8 Å². The van der Waals surface area contributed by atoms with Crippen LogP contribution in [0.5, 0.6) is 11.5 Å². The number of methoxy groups -OCH3 is 1. The van der Waals surface area contributed by atoms with Gasteiger partial charge in [0.1, 0.15) is 0 Å². The van der Waals surface area contributed by atoms with Crippen LogP contribution < -0.4 is 9.47 Å². The maximum Gasteiger partial charge on any atom is 0.363 e. The van der Waals surface area contributed by atoms with Gasteiger partial charge in [0.05, 0.1) is 24.3 Å². The molecule has 0 radical (unpaired) electrons. The molecule has 0 saturated carbocycles. The van der Waals surface area contributed by atoms with Crippen LogP contribution in [0.4, 0.5) is 8.78 Å². The summed E-state index contributed by atoms with van der Waals surface area (Å²) in [6.45, 7) is 2.54. The van der Waals surface area contributed by atoms with E-state index < -0.39 is 17.6 Å². The van der Waals surface area contributed by atoms with Crippen molar-refractivity contribution in [3.8, 4) is 11.5 Å². The highest BCUT2D eigenvalue weighted by molar-refractivity contribution is 6.34. The largest absolute Gasteiger partial charge is 0.493 e. The predicted octanol–water partition coefficient (Wildman–Crippen LogP) is 4.76. The van der Waals surface area contributed by atoms with E-state index in [1.54, 1.807) is 18.2 Å². The predicted molar refractivity (Wildman–Crippen MR) is 101 cm³/mol. The van der Waals surface area contributed by atoms with Gasteiger partial charge in [0, 0.05) is 0 Å². The normalized spacial score (nSPS) is 14.8. The SMILES string of the molecule is CCCOc1ccc(C=C2N=C(c3cc(F)c(F)cc3Cl)OC2=O)cc1OC. The summed E-state index contributed by atoms with van der Waals surface area (Å²) in [5.74, 6) is -2.08. The average Bonchev–Trinajstić information content (AvgIpc) is 3.03. The molecule has 1 heterocycles. The van der Waals surface area contributed by atoms with Crippen LogP contribution in [0.2, 0.25) is 5.02 Å². The second kappa shape index (κ2) is 8.39. The number of aliphatic imine (C=N–C) groups is 1. The van der Waals surface area contributed by atoms with Gasteiger partial charge in [-0.05, 0) is 42.3 Å². The number of benzene rings is 2. The second-order valence-electron chi connectivity index (χ2n) is 5.84. The van der Waals surface area contributed by atoms with E-state index in [1.807, 2.05) is 6.92 Å². The summed E-state index contributed by atoms with van der Waals surface area (Å²) >= 11 is 5.91. The van der Waals surface area contributed by atoms with Gasteiger partial charge < -0.3 is 14.2 Å². The second-order valence-corrected chi connectivity index (χ2v) is 6.25. The summed E-state index contributed by atoms with van der Waals surface area (Å²) in [5.41, 5.74) is 0.590. The maximum atomic E-state index is 13.5. The highest BCUT2D eigenvalue weighted by Crippen LogP contribution is 2.30. The molecule has 1 aliphatic rings. The Balaban J connectivity index is 1.92. The lowest BCUT2D eigenvalue weighted by atomic mass is 10.1. The molecular formula is C20H16ClF2NO4. The Labute approximate surface area is 165 Å². The van der Waals surface area contributed by atoms with Crippen molar-refractivity contribution in [2.45, 2.75) is 13.3 Å². The third-order valence-corrected chi connectivity index (χ3v) is 4.13. The molecule has 0 N–H and O–H groups in total. The number of hydrogen-bond donors (Lipinski definition) is 0. The lowest BCUT2D eigenvalue weighted by molar-refractivity contribution is -0.129. The van der Waals surface area contributed by atoms with Crippen molar-refractivity contribution < 1.29 is 27.8 Å². The number of carbonyl (C=O) groups is 1. The summed E-state index contributed by atoms with van der Waals surface area (Å²) in [5, 5.41) is -0.120. The number of hydrogen-bond acceptors (Lipinski definition) is 5. The molecule has 0 spiro atoms. The van der Waals surface area contributed by atoms with Crippen LogP contribution in [0.15, 0.2) is 41.0 Å². The van der Waals surface area contributed by atoms with Crippen LogP contribution in [0.1, 0.15) is 24.5 Å². The van der Waals surface area contributed by atoms with Gasteiger partial charge in [-0.3, -0.25) is 0 Å². The number of cyclic esters (lactones) is 1. The fourth-order valence-corrected chi connectivity index (χ4v) is 2.71. The molecule has 0 aliphatic carbocycles. The van der Waals surface area contributed by atoms with Gasteiger partial charge in [-0.25, -0.2) is 18.6 Å². The third kappa shape index (κ3) is 4.14. The summed E-state index contributed by atoms with van der Waals surface area (Å²) in [4.78, 5) is 16.2. The summed E-state index contributed by atoms with van der Waals surface area (Å²) < 4.78 is 42.7. The molecule has 2 aromatic rings. The highest BCUT2D eigenvalue weighted by Gasteiger charge is 2.27. The molecule has 0 atom stereocenters. The molecule has 1 aliphatic heterocycles. The van der Waals surface area contributed by atoms with Crippen molar-refractivity contribution in [3.05, 3.63) is 63.8 Å². The Morgan fingerprint density at radius 3 is 2.64 bits per heavy atom. The molecule has 28 heavy (non-hydrogen) atoms. The van der Waals surface area contributed by atoms with Crippen LogP contribution in [0, 0.1) is 11.6 Å². The zero-order valence-electron chi connectivity index (χ0n) is 15.1. The van der Waals surface area contributed by atoms with E-state index in [0.717, 1.165) is 18.6 Å². The van der Waals surface area contributed by atoms with Crippen LogP contribution in [-0.2, 0) is 9.53 Å². The van der Waals surface area contributed by atoms with Gasteiger partial charge in [-0.2, -0.15) is 0 Å². The standard InChI is InChI=1S/C20H16ClF2NO4/c1-3-6-27-17-5-4-11(8-18(17)26-2)7-16-20(25)28-19(24-16)12-9-14(22)15(23)10-13(12)21/h4-5,7-10H,3,6H2,1-2H3. The molecule has 5 nitrogen and oxygen atoms in total. The topological polar surface area (TPSA) is 57.1 Å². The Bertz CT molecular complexity index is 988. The fourth-order valence-electron chi connectivity index (χ4n) is 2.47. The van der Waals surface area contributed by atoms with Gasteiger partial charge in [-0.1, -0.05) is 24.6 Å². The van der Waals surface area contributed by atoms with Gasteiger partial charge in [0.2, 0.25) is 5.90 Å². The van der Waals surface area contributed by atoms with Crippen molar-refractivity contribution >= 4 is 29.5 Å². The van der Waals surface area contributed by atoms with Crippen molar-refractivity contribution in [1.29, 1.82) is 0 Å². The highest BCUT2D eigenvalue weighted by atomic mass is 35.5. The zero-order chi connectivity index (χ0) is 20.3. The maximum absolute atomic E-state index is 13.5. The molecule has 0 saturated heterocycles. The minimum atomic E-state index is -1.12. The van der Waals surface area contributed by atoms with Gasteiger partial charge in [-0.15, -0.1) is 0 Å². The smallest absolute Gasteiger partial charge is 0.363 e. The monoisotopic (exact) mass is 407 g/mol. The van der Waals surface area contributed by atoms with E-state index >= 15 is 0 Å². The Hall–Kier alpha value is -2.93. The molecule has 8 heteroatoms. The van der Waals surface area contributed by atoms with Crippen molar-refractivity contribution in [2.24, 2.45) is 4.99 Å². The van der Waals surface area contributed by atoms with Crippen molar-refractivity contribution in [2.75, 3.05) is 13.7 Å². The van der Waals surface area contributed by atoms with Gasteiger partial charge in [0.25, 0.3) is 0 Å². The summed E-state index contributed by atoms with van der Waals surface area (Å²) in [6, 6.07) is 6.76. The molecule has 146 valence electrons. The van der Waals surface area contributed by atoms with E-state index in [0.29, 0.717) is 23.7 Å². The summed E-state index contributed by atoms with van der Waals surface area (Å²) in [7, 11) is 1.51. The van der Waals surface area contributed by atoms with Crippen LogP contribution in [-0.4, -0.2) is 25.6 Å². The lowest BCUT2D eigenvalue weighted by Crippen LogP contribution is -2.07. The first kappa shape index (κ1) is 19.8. The number of carbonyl (C=O) groups excluding carboxylic acids is 1. The first-order chi connectivity index (χ1) is 13.4. The molecule has 0 amide bonds. The van der Waals surface area contributed by atoms with Crippen molar-refractivity contribution in [3.63, 3.8) is 0 Å². The molecule has 0 bridgehead atoms. The van der Waals surface area contributed by atoms with E-state index in [1.165, 1.54) is 13.2 Å². The average molecular weight is 408 g/mol. The number of rotatable bonds is 6. The molecule has 0 aromatic heterocycles. The minimum Gasteiger partial charge on any atom is -0.493 e. The van der Waals surface area contributed by atoms with Crippen LogP contribution in [0.25, 0.3) is 6.08 Å². The fraction of sp³-hybridized carbons (Fsp3) is 0.200. The molecule has 0 unspecified atom stereocenters. The van der Waals surface area contributed by atoms with Gasteiger partial charge >= 0.3 is 5.97 Å². The molecule has 2 aromatic carbocycles. The van der Waals surface area contributed by atoms with Crippen LogP contribution >= 0.6 is 11.6 Å². The Morgan fingerprint density at radius 2 is 1.93 bits per heavy atom. The lowest BCUT2D eigenvalue weighted by Gasteiger charge is -2.10. The number of nitrogens with zero attached hydrogens (tertiary/aromatic N) is 1. The minimum absolute atomic E-state index is 0.0138. The quantitative estimate of drug-likeness (QED) is 0.393. The summed E-state index contributed by atoms with van der Waals surface area (Å²) in [6.07, 6.45) is 2.33. The van der Waals surface area contributed by atoms with Crippen LogP contribution in [0.3, 0.4) is 0 Å². The molecule has 0 fully saturated rings. The number of esters is 1. The molecular weight excluding hydrogens is 392 g/mol. The first-order valence-electron chi connectivity index (χ1n) is 8.41. The molecule has 3 rings (SSSR count). The first-order valence-corrected chi connectivity index (χ1v) is 8.79. The Morgan fingerprint density at radius 1 is 1.18 bits per heavy atom. The third-order valence-electron chi connectivity index (χ3n) is 3.81. The van der Waals surface area contributed by atoms with E-state index in [-0.39, 0.29) is 22.2 Å². The zero-order valence-corrected chi connectivity index (χ0v) is 15.8. The van der Waals surface area contributed by atoms with E-state index in [9.17, 15) is 13.6 Å². The Kier molecular flexibility index (Phi) is 5.94. The van der Waals surface area contributed by atoms with E-state index in [2.05, 4.69) is 4.99 Å². The number of halogens is 3. The number of ether oxygens (including phenoxy) is 3.